The number of hydrogen-bond donors (Lipinski definition) is 7. The average Bonchev–Trinajstić information content (AvgIpc) is 3.60. The number of aromatic nitrogens is 2. The largest absolute Gasteiger partial charge is 0.506 e. The van der Waals surface area contributed by atoms with Gasteiger partial charge in [0.05, 0.1) is 25.8 Å². The van der Waals surface area contributed by atoms with Crippen LogP contribution in [0.15, 0.2) is 48.8 Å². The molecule has 1 aromatic heterocycles. The Kier molecular flexibility index (Phi) is 15.6. The molecule has 16 heteroatoms. The Balaban J connectivity index is 0.000000550. The van der Waals surface area contributed by atoms with Crippen molar-refractivity contribution >= 4 is 29.4 Å². The van der Waals surface area contributed by atoms with Gasteiger partial charge in [-0.25, -0.2) is 9.59 Å². The number of benzene rings is 2. The highest BCUT2D eigenvalue weighted by Crippen LogP contribution is 2.39. The standard InChI is InChI=1S/C33H43N5O5.C4H6O6/c1-37-22-27(21-35-37)25-9-7-24(8-10-25)14-19-42-20-15-31(41)38(28-5-3-2-4-6-28)18-17-34-16-13-26-11-12-29(39)32-33(26)43-23-30(40)36-32;5-1(3(7)8)2(6)4(9)10/h7-12,21-22,28,34,39H,2-6,13-20,23H2,1H3,(H,36,40);1-2,5-6H,(H,7,8)(H,9,10)/t;1-,2-/m.1/s1. The van der Waals surface area contributed by atoms with E-state index in [1.54, 1.807) is 10.7 Å². The number of phenols is 1. The normalized spacial score (nSPS) is 15.2. The minimum absolute atomic E-state index is 0.000764. The number of aromatic hydroxyl groups is 1. The number of ether oxygens (including phenoxy) is 2. The molecular formula is C37H49N5O11. The van der Waals surface area contributed by atoms with Crippen LogP contribution in [0, 0.1) is 0 Å². The summed E-state index contributed by atoms with van der Waals surface area (Å²) in [6.07, 6.45) is 6.90. The third-order valence-electron chi connectivity index (χ3n) is 9.06. The van der Waals surface area contributed by atoms with E-state index in [4.69, 9.17) is 29.9 Å². The number of hydrogen-bond acceptors (Lipinski definition) is 11. The van der Waals surface area contributed by atoms with Crippen LogP contribution in [0.5, 0.6) is 11.5 Å². The van der Waals surface area contributed by atoms with Crippen molar-refractivity contribution in [2.75, 3.05) is 44.8 Å². The first-order chi connectivity index (χ1) is 25.4. The van der Waals surface area contributed by atoms with Gasteiger partial charge in [-0.1, -0.05) is 49.6 Å². The first-order valence-electron chi connectivity index (χ1n) is 17.7. The quantitative estimate of drug-likeness (QED) is 0.0776. The number of fused-ring (bicyclic) bond motifs is 1. The predicted octanol–water partition coefficient (Wildman–Crippen LogP) is 1.94. The topological polar surface area (TPSA) is 233 Å². The lowest BCUT2D eigenvalue weighted by Gasteiger charge is -2.34. The molecule has 2 atom stereocenters. The second-order valence-electron chi connectivity index (χ2n) is 12.9. The van der Waals surface area contributed by atoms with Gasteiger partial charge in [0.1, 0.15) is 11.4 Å². The average molecular weight is 740 g/mol. The van der Waals surface area contributed by atoms with Crippen molar-refractivity contribution in [2.45, 2.75) is 69.6 Å². The van der Waals surface area contributed by atoms with E-state index in [1.165, 1.54) is 24.8 Å². The molecule has 2 aromatic carbocycles. The van der Waals surface area contributed by atoms with E-state index in [9.17, 15) is 24.3 Å². The number of rotatable bonds is 17. The predicted molar refractivity (Wildman–Crippen MR) is 192 cm³/mol. The van der Waals surface area contributed by atoms with Crippen LogP contribution in [0.4, 0.5) is 5.69 Å². The summed E-state index contributed by atoms with van der Waals surface area (Å²) < 4.78 is 13.3. The lowest BCUT2D eigenvalue weighted by Crippen LogP contribution is -2.45. The number of phenolic OH excluding ortho intramolecular Hbond substituents is 1. The lowest BCUT2D eigenvalue weighted by atomic mass is 9.94. The molecule has 3 aromatic rings. The van der Waals surface area contributed by atoms with E-state index in [0.29, 0.717) is 63.2 Å². The molecule has 2 heterocycles. The monoisotopic (exact) mass is 739 g/mol. The summed E-state index contributed by atoms with van der Waals surface area (Å²) in [5.41, 5.74) is 4.70. The fourth-order valence-corrected chi connectivity index (χ4v) is 6.16. The molecule has 1 aliphatic carbocycles. The summed E-state index contributed by atoms with van der Waals surface area (Å²) >= 11 is 0. The maximum absolute atomic E-state index is 13.3. The van der Waals surface area contributed by atoms with Crippen LogP contribution in [-0.2, 0) is 43.8 Å². The van der Waals surface area contributed by atoms with Crippen LogP contribution >= 0.6 is 0 Å². The summed E-state index contributed by atoms with van der Waals surface area (Å²) in [6.45, 7) is 2.99. The van der Waals surface area contributed by atoms with Crippen LogP contribution in [0.2, 0.25) is 0 Å². The number of carboxylic acids is 2. The first kappa shape index (κ1) is 40.7. The summed E-state index contributed by atoms with van der Waals surface area (Å²) in [7, 11) is 1.91. The first-order valence-corrected chi connectivity index (χ1v) is 17.7. The van der Waals surface area contributed by atoms with Crippen LogP contribution < -0.4 is 15.4 Å². The number of carboxylic acid groups (broad SMARTS) is 2. The minimum atomic E-state index is -2.27. The van der Waals surface area contributed by atoms with Crippen molar-refractivity contribution in [1.29, 1.82) is 0 Å². The van der Waals surface area contributed by atoms with E-state index in [2.05, 4.69) is 44.9 Å². The maximum Gasteiger partial charge on any atom is 0.335 e. The number of aliphatic hydroxyl groups is 2. The second-order valence-corrected chi connectivity index (χ2v) is 12.9. The molecule has 288 valence electrons. The number of nitrogens with zero attached hydrogens (tertiary/aromatic N) is 3. The molecule has 1 saturated carbocycles. The fraction of sp³-hybridized carbons (Fsp3) is 0.486. The van der Waals surface area contributed by atoms with Gasteiger partial charge in [0.2, 0.25) is 5.91 Å². The Labute approximate surface area is 307 Å². The van der Waals surface area contributed by atoms with E-state index < -0.39 is 24.1 Å². The van der Waals surface area contributed by atoms with Gasteiger partial charge in [-0.15, -0.1) is 0 Å². The van der Waals surface area contributed by atoms with E-state index >= 15 is 0 Å². The van der Waals surface area contributed by atoms with Crippen molar-refractivity contribution in [3.63, 3.8) is 0 Å². The molecule has 16 nitrogen and oxygen atoms in total. The van der Waals surface area contributed by atoms with Crippen molar-refractivity contribution in [3.8, 4) is 22.6 Å². The number of aliphatic carboxylic acids is 2. The molecule has 1 aliphatic heterocycles. The zero-order valence-corrected chi connectivity index (χ0v) is 29.8. The number of amides is 2. The molecule has 0 spiro atoms. The number of aliphatic hydroxyl groups excluding tert-OH is 2. The van der Waals surface area contributed by atoms with Gasteiger partial charge in [-0.05, 0) is 55.0 Å². The van der Waals surface area contributed by atoms with Gasteiger partial charge in [-0.2, -0.15) is 5.10 Å². The summed E-state index contributed by atoms with van der Waals surface area (Å²) in [4.78, 5) is 46.5. The molecule has 7 N–H and O–H groups in total. The summed E-state index contributed by atoms with van der Waals surface area (Å²) in [5.74, 6) is -3.12. The molecule has 0 unspecified atom stereocenters. The van der Waals surface area contributed by atoms with Crippen LogP contribution in [0.3, 0.4) is 0 Å². The number of aryl methyl sites for hydroxylation is 1. The molecule has 0 saturated heterocycles. The molecule has 1 fully saturated rings. The van der Waals surface area contributed by atoms with Gasteiger partial charge in [-0.3, -0.25) is 14.3 Å². The zero-order chi connectivity index (χ0) is 38.3. The number of nitrogens with one attached hydrogen (secondary N) is 2. The molecular weight excluding hydrogens is 690 g/mol. The Morgan fingerprint density at radius 2 is 1.68 bits per heavy atom. The van der Waals surface area contributed by atoms with Crippen molar-refractivity contribution in [1.82, 2.24) is 20.0 Å². The SMILES string of the molecule is Cn1cc(-c2ccc(CCOCCC(=O)N(CCNCCc3ccc(O)c4c3OCC(=O)N4)C3CCCCC3)cc2)cn1.O=C(O)[C@H](O)[C@@H](O)C(=O)O. The van der Waals surface area contributed by atoms with Gasteiger partial charge < -0.3 is 50.5 Å². The molecule has 2 aliphatic rings. The highest BCUT2D eigenvalue weighted by atomic mass is 16.5. The number of anilines is 1. The van der Waals surface area contributed by atoms with Crippen molar-refractivity contribution in [3.05, 3.63) is 59.9 Å². The molecule has 0 radical (unpaired) electrons. The van der Waals surface area contributed by atoms with Crippen LogP contribution in [0.25, 0.3) is 11.1 Å². The zero-order valence-electron chi connectivity index (χ0n) is 29.8. The van der Waals surface area contributed by atoms with E-state index in [1.807, 2.05) is 25.5 Å². The third kappa shape index (κ3) is 12.3. The van der Waals surface area contributed by atoms with E-state index in [-0.39, 0.29) is 24.2 Å². The molecule has 53 heavy (non-hydrogen) atoms. The van der Waals surface area contributed by atoms with Gasteiger partial charge in [0.25, 0.3) is 5.91 Å². The van der Waals surface area contributed by atoms with Gasteiger partial charge in [0.15, 0.2) is 24.6 Å². The maximum atomic E-state index is 13.3. The summed E-state index contributed by atoms with van der Waals surface area (Å²) in [6, 6.07) is 12.2. The number of carbonyl (C=O) groups excluding carboxylic acids is 2. The second kappa shape index (κ2) is 20.3. The molecule has 0 bridgehead atoms. The highest BCUT2D eigenvalue weighted by Gasteiger charge is 2.29. The van der Waals surface area contributed by atoms with Crippen LogP contribution in [0.1, 0.15) is 49.7 Å². The summed E-state index contributed by atoms with van der Waals surface area (Å²) in [5, 5.41) is 53.0. The smallest absolute Gasteiger partial charge is 0.335 e. The lowest BCUT2D eigenvalue weighted by molar-refractivity contribution is -0.165. The fourth-order valence-electron chi connectivity index (χ4n) is 6.16. The Hall–Kier alpha value is -5.03. The Morgan fingerprint density at radius 1 is 0.981 bits per heavy atom. The van der Waals surface area contributed by atoms with Crippen LogP contribution in [-0.4, -0.2) is 122 Å². The highest BCUT2D eigenvalue weighted by molar-refractivity contribution is 5.97. The Bertz CT molecular complexity index is 1660. The van der Waals surface area contributed by atoms with E-state index in [0.717, 1.165) is 36.0 Å². The minimum Gasteiger partial charge on any atom is -0.506 e. The van der Waals surface area contributed by atoms with Crippen molar-refractivity contribution < 1.29 is 54.2 Å². The number of carbonyl (C=O) groups is 4. The molecule has 2 amide bonds. The van der Waals surface area contributed by atoms with Crippen molar-refractivity contribution in [2.24, 2.45) is 7.05 Å². The van der Waals surface area contributed by atoms with Gasteiger partial charge in [0, 0.05) is 37.9 Å². The molecule has 5 rings (SSSR count). The van der Waals surface area contributed by atoms with Gasteiger partial charge >= 0.3 is 11.9 Å². The Morgan fingerprint density at radius 3 is 2.32 bits per heavy atom. The third-order valence-corrected chi connectivity index (χ3v) is 9.06.